The van der Waals surface area contributed by atoms with Gasteiger partial charge in [0.1, 0.15) is 0 Å². The summed E-state index contributed by atoms with van der Waals surface area (Å²) < 4.78 is 6.46. The molecular weight excluding hydrogens is 396 g/mol. The summed E-state index contributed by atoms with van der Waals surface area (Å²) in [7, 11) is 0. The summed E-state index contributed by atoms with van der Waals surface area (Å²) in [6.45, 7) is 1.65. The predicted octanol–water partition coefficient (Wildman–Crippen LogP) is 2.93. The van der Waals surface area contributed by atoms with E-state index >= 15 is 0 Å². The number of rotatable bonds is 6. The molecule has 1 amide bonds. The fraction of sp³-hybridized carbons (Fsp3) is 0.133. The molecule has 2 heterocycles. The summed E-state index contributed by atoms with van der Waals surface area (Å²) in [5, 5.41) is 21.1. The third-order valence-electron chi connectivity index (χ3n) is 3.48. The number of furan rings is 1. The number of benzene rings is 1. The number of nitrogen functional groups attached to an aromatic ring is 1. The first kappa shape index (κ1) is 18.7. The summed E-state index contributed by atoms with van der Waals surface area (Å²) >= 11 is 7.07. The number of halogens is 1. The van der Waals surface area contributed by atoms with Crippen LogP contribution in [0.2, 0.25) is 5.02 Å². The standard InChI is InChI=1S/C15H13ClN6O4S/c1-8(14(23)18-11-5-4-9(22(24)25)7-10(11)16)27-15-20-19-13(21(15)17)12-3-2-6-26-12/h2-8H,17H2,1H3,(H,18,23)/t8-/m1/s1. The number of nitrogens with two attached hydrogens (primary N) is 1. The molecule has 0 radical (unpaired) electrons. The van der Waals surface area contributed by atoms with Gasteiger partial charge in [0.15, 0.2) is 5.76 Å². The number of nitrogens with zero attached hydrogens (tertiary/aromatic N) is 4. The van der Waals surface area contributed by atoms with Crippen LogP contribution in [0.5, 0.6) is 0 Å². The minimum absolute atomic E-state index is 0.0665. The van der Waals surface area contributed by atoms with Crippen molar-refractivity contribution in [3.05, 3.63) is 51.7 Å². The molecule has 10 nitrogen and oxygen atoms in total. The number of amides is 1. The zero-order chi connectivity index (χ0) is 19.6. The van der Waals surface area contributed by atoms with Crippen LogP contribution in [0.3, 0.4) is 0 Å². The van der Waals surface area contributed by atoms with Crippen molar-refractivity contribution in [1.82, 2.24) is 14.9 Å². The van der Waals surface area contributed by atoms with E-state index in [1.54, 1.807) is 19.1 Å². The van der Waals surface area contributed by atoms with E-state index in [-0.39, 0.29) is 22.3 Å². The first-order chi connectivity index (χ1) is 12.9. The van der Waals surface area contributed by atoms with Crippen LogP contribution in [-0.4, -0.2) is 31.0 Å². The highest BCUT2D eigenvalue weighted by molar-refractivity contribution is 8.00. The van der Waals surface area contributed by atoms with Crippen LogP contribution < -0.4 is 11.2 Å². The topological polar surface area (TPSA) is 142 Å². The Bertz CT molecular complexity index is 990. The van der Waals surface area contributed by atoms with Gasteiger partial charge in [-0.15, -0.1) is 10.2 Å². The molecule has 1 atom stereocenters. The number of anilines is 1. The highest BCUT2D eigenvalue weighted by Gasteiger charge is 2.22. The number of carbonyl (C=O) groups is 1. The molecule has 3 N–H and O–H groups in total. The molecule has 0 saturated heterocycles. The smallest absolute Gasteiger partial charge is 0.271 e. The monoisotopic (exact) mass is 408 g/mol. The number of thioether (sulfide) groups is 1. The van der Waals surface area contributed by atoms with Crippen molar-refractivity contribution in [3.63, 3.8) is 0 Å². The van der Waals surface area contributed by atoms with E-state index in [0.29, 0.717) is 16.7 Å². The predicted molar refractivity (Wildman–Crippen MR) is 99.9 cm³/mol. The largest absolute Gasteiger partial charge is 0.461 e. The Kier molecular flexibility index (Phi) is 5.33. The minimum atomic E-state index is -0.591. The van der Waals surface area contributed by atoms with E-state index < -0.39 is 10.2 Å². The fourth-order valence-electron chi connectivity index (χ4n) is 2.10. The summed E-state index contributed by atoms with van der Waals surface area (Å²) in [5.41, 5.74) is 0.104. The van der Waals surface area contributed by atoms with Gasteiger partial charge in [0.2, 0.25) is 16.9 Å². The van der Waals surface area contributed by atoms with E-state index in [0.717, 1.165) is 11.8 Å². The van der Waals surface area contributed by atoms with E-state index in [1.165, 1.54) is 29.1 Å². The SMILES string of the molecule is C[C@@H](Sc1nnc(-c2ccco2)n1N)C(=O)Nc1ccc([N+](=O)[O-])cc1Cl. The molecule has 1 aromatic carbocycles. The van der Waals surface area contributed by atoms with E-state index in [9.17, 15) is 14.9 Å². The van der Waals surface area contributed by atoms with Crippen molar-refractivity contribution in [2.75, 3.05) is 11.2 Å². The van der Waals surface area contributed by atoms with Gasteiger partial charge >= 0.3 is 0 Å². The van der Waals surface area contributed by atoms with Gasteiger partial charge in [-0.25, -0.2) is 4.68 Å². The Morgan fingerprint density at radius 3 is 2.85 bits per heavy atom. The molecule has 0 fully saturated rings. The minimum Gasteiger partial charge on any atom is -0.461 e. The zero-order valence-corrected chi connectivity index (χ0v) is 15.4. The molecule has 0 saturated carbocycles. The molecule has 27 heavy (non-hydrogen) atoms. The number of aromatic nitrogens is 3. The Hall–Kier alpha value is -3.05. The number of nitro groups is 1. The second-order valence-corrected chi connectivity index (χ2v) is 7.04. The lowest BCUT2D eigenvalue weighted by Crippen LogP contribution is -2.23. The van der Waals surface area contributed by atoms with Crippen molar-refractivity contribution in [1.29, 1.82) is 0 Å². The molecule has 0 aliphatic rings. The van der Waals surface area contributed by atoms with Crippen LogP contribution in [0.15, 0.2) is 46.2 Å². The number of nitro benzene ring substituents is 1. The molecule has 0 aliphatic heterocycles. The number of carbonyl (C=O) groups excluding carboxylic acids is 1. The van der Waals surface area contributed by atoms with Crippen molar-refractivity contribution in [2.45, 2.75) is 17.3 Å². The second kappa shape index (κ2) is 7.68. The average Bonchev–Trinajstić information content (AvgIpc) is 3.27. The third kappa shape index (κ3) is 4.04. The van der Waals surface area contributed by atoms with Gasteiger partial charge in [0.05, 0.1) is 27.1 Å². The van der Waals surface area contributed by atoms with E-state index in [1.807, 2.05) is 0 Å². The van der Waals surface area contributed by atoms with E-state index in [2.05, 4.69) is 15.5 Å². The molecule has 0 unspecified atom stereocenters. The number of hydrogen-bond acceptors (Lipinski definition) is 8. The summed E-state index contributed by atoms with van der Waals surface area (Å²) in [6.07, 6.45) is 1.49. The van der Waals surface area contributed by atoms with Gasteiger partial charge in [-0.3, -0.25) is 14.9 Å². The molecule has 0 aliphatic carbocycles. The van der Waals surface area contributed by atoms with Crippen molar-refractivity contribution in [2.24, 2.45) is 0 Å². The lowest BCUT2D eigenvalue weighted by Gasteiger charge is -2.12. The molecular formula is C15H13ClN6O4S. The Labute approximate surface area is 161 Å². The first-order valence-electron chi connectivity index (χ1n) is 7.52. The summed E-state index contributed by atoms with van der Waals surface area (Å²) in [5.74, 6) is 6.36. The first-order valence-corrected chi connectivity index (χ1v) is 8.78. The molecule has 3 rings (SSSR count). The fourth-order valence-corrected chi connectivity index (χ4v) is 3.09. The van der Waals surface area contributed by atoms with Crippen molar-refractivity contribution >= 4 is 40.6 Å². The Morgan fingerprint density at radius 2 is 2.22 bits per heavy atom. The maximum atomic E-state index is 12.4. The van der Waals surface area contributed by atoms with Gasteiger partial charge in [-0.05, 0) is 25.1 Å². The van der Waals surface area contributed by atoms with Gasteiger partial charge in [-0.1, -0.05) is 23.4 Å². The van der Waals surface area contributed by atoms with Crippen LogP contribution in [0.1, 0.15) is 6.92 Å². The molecule has 0 spiro atoms. The van der Waals surface area contributed by atoms with Gasteiger partial charge in [0.25, 0.3) is 5.69 Å². The lowest BCUT2D eigenvalue weighted by molar-refractivity contribution is -0.384. The van der Waals surface area contributed by atoms with Crippen LogP contribution in [-0.2, 0) is 4.79 Å². The van der Waals surface area contributed by atoms with Crippen molar-refractivity contribution < 1.29 is 14.1 Å². The number of non-ortho nitro benzene ring substituents is 1. The van der Waals surface area contributed by atoms with Crippen LogP contribution in [0.4, 0.5) is 11.4 Å². The summed E-state index contributed by atoms with van der Waals surface area (Å²) in [6, 6.07) is 7.18. The van der Waals surface area contributed by atoms with Gasteiger partial charge in [-0.2, -0.15) is 0 Å². The summed E-state index contributed by atoms with van der Waals surface area (Å²) in [4.78, 5) is 22.6. The second-order valence-electron chi connectivity index (χ2n) is 5.32. The quantitative estimate of drug-likeness (QED) is 0.274. The van der Waals surface area contributed by atoms with Crippen LogP contribution in [0.25, 0.3) is 11.6 Å². The molecule has 3 aromatic rings. The third-order valence-corrected chi connectivity index (χ3v) is 4.85. The maximum absolute atomic E-state index is 12.4. The van der Waals surface area contributed by atoms with Crippen LogP contribution >= 0.6 is 23.4 Å². The van der Waals surface area contributed by atoms with Gasteiger partial charge < -0.3 is 15.6 Å². The highest BCUT2D eigenvalue weighted by Crippen LogP contribution is 2.29. The van der Waals surface area contributed by atoms with Gasteiger partial charge in [0, 0.05) is 12.1 Å². The molecule has 0 bridgehead atoms. The zero-order valence-electron chi connectivity index (χ0n) is 13.8. The van der Waals surface area contributed by atoms with Crippen LogP contribution in [0, 0.1) is 10.1 Å². The van der Waals surface area contributed by atoms with E-state index in [4.69, 9.17) is 21.9 Å². The molecule has 12 heteroatoms. The number of hydrogen-bond donors (Lipinski definition) is 2. The average molecular weight is 409 g/mol. The Balaban J connectivity index is 1.69. The maximum Gasteiger partial charge on any atom is 0.271 e. The highest BCUT2D eigenvalue weighted by atomic mass is 35.5. The molecule has 2 aromatic heterocycles. The molecule has 140 valence electrons. The Morgan fingerprint density at radius 1 is 1.44 bits per heavy atom. The normalized spacial score (nSPS) is 11.9. The lowest BCUT2D eigenvalue weighted by atomic mass is 10.2. The number of nitrogens with one attached hydrogen (secondary N) is 1. The van der Waals surface area contributed by atoms with Crippen molar-refractivity contribution in [3.8, 4) is 11.6 Å².